The molecule has 6 heteroatoms. The molecule has 14 heavy (non-hydrogen) atoms. The van der Waals surface area contributed by atoms with E-state index < -0.39 is 0 Å². The molecule has 2 N–H and O–H groups in total. The fourth-order valence-corrected chi connectivity index (χ4v) is 1.80. The van der Waals surface area contributed by atoms with Gasteiger partial charge in [0, 0.05) is 6.54 Å². The molecule has 0 aromatic carbocycles. The Kier molecular flexibility index (Phi) is 4.16. The lowest BCUT2D eigenvalue weighted by atomic mass is 10.3. The number of thiazole rings is 1. The minimum absolute atomic E-state index is 0.0428. The van der Waals surface area contributed by atoms with Crippen LogP contribution < -0.4 is 10.6 Å². The third kappa shape index (κ3) is 3.16. The molecule has 1 aromatic heterocycles. The maximum absolute atomic E-state index is 11.3. The zero-order valence-electron chi connectivity index (χ0n) is 8.00. The SMILES string of the molecule is CCNC(=O)C(C)Nc1ncc(Cl)s1. The van der Waals surface area contributed by atoms with Crippen molar-refractivity contribution in [3.63, 3.8) is 0 Å². The summed E-state index contributed by atoms with van der Waals surface area (Å²) in [4.78, 5) is 15.3. The fraction of sp³-hybridized carbons (Fsp3) is 0.500. The average molecular weight is 234 g/mol. The number of rotatable bonds is 4. The fourth-order valence-electron chi connectivity index (χ4n) is 0.899. The molecular formula is C8H12ClN3OS. The Morgan fingerprint density at radius 1 is 1.79 bits per heavy atom. The molecular weight excluding hydrogens is 222 g/mol. The lowest BCUT2D eigenvalue weighted by molar-refractivity contribution is -0.121. The van der Waals surface area contributed by atoms with Gasteiger partial charge >= 0.3 is 0 Å². The third-order valence-electron chi connectivity index (χ3n) is 1.56. The van der Waals surface area contributed by atoms with Crippen molar-refractivity contribution in [2.24, 2.45) is 0 Å². The van der Waals surface area contributed by atoms with Gasteiger partial charge in [0.25, 0.3) is 0 Å². The summed E-state index contributed by atoms with van der Waals surface area (Å²) in [5.41, 5.74) is 0. The topological polar surface area (TPSA) is 54.0 Å². The van der Waals surface area contributed by atoms with Gasteiger partial charge in [0.2, 0.25) is 5.91 Å². The first-order chi connectivity index (χ1) is 6.63. The number of nitrogens with zero attached hydrogens (tertiary/aromatic N) is 1. The summed E-state index contributed by atoms with van der Waals surface area (Å²) in [6, 6.07) is -0.294. The summed E-state index contributed by atoms with van der Waals surface area (Å²) in [5, 5.41) is 6.33. The molecule has 0 bridgehead atoms. The molecule has 1 heterocycles. The van der Waals surface area contributed by atoms with Gasteiger partial charge in [0.15, 0.2) is 5.13 Å². The molecule has 0 radical (unpaired) electrons. The lowest BCUT2D eigenvalue weighted by Crippen LogP contribution is -2.37. The van der Waals surface area contributed by atoms with E-state index in [9.17, 15) is 4.79 Å². The van der Waals surface area contributed by atoms with Gasteiger partial charge in [-0.05, 0) is 13.8 Å². The second-order valence-corrected chi connectivity index (χ2v) is 4.39. The molecule has 0 saturated heterocycles. The molecule has 1 unspecified atom stereocenters. The Labute approximate surface area is 91.7 Å². The highest BCUT2D eigenvalue weighted by Crippen LogP contribution is 2.22. The van der Waals surface area contributed by atoms with E-state index in [1.165, 1.54) is 11.3 Å². The standard InChI is InChI=1S/C8H12ClN3OS/c1-3-10-7(13)5(2)12-8-11-4-6(9)14-8/h4-5H,3H2,1-2H3,(H,10,13)(H,11,12). The summed E-state index contributed by atoms with van der Waals surface area (Å²) in [6.07, 6.45) is 1.55. The second kappa shape index (κ2) is 5.17. The predicted octanol–water partition coefficient (Wildman–Crippen LogP) is 1.73. The minimum atomic E-state index is -0.294. The van der Waals surface area contributed by atoms with Gasteiger partial charge in [-0.3, -0.25) is 4.79 Å². The van der Waals surface area contributed by atoms with Crippen molar-refractivity contribution < 1.29 is 4.79 Å². The molecule has 1 aromatic rings. The summed E-state index contributed by atoms with van der Waals surface area (Å²) < 4.78 is 0.607. The molecule has 0 saturated carbocycles. The van der Waals surface area contributed by atoms with Crippen molar-refractivity contribution in [1.82, 2.24) is 10.3 Å². The molecule has 1 atom stereocenters. The number of likely N-dealkylation sites (N-methyl/N-ethyl adjacent to an activating group) is 1. The van der Waals surface area contributed by atoms with E-state index in [1.807, 2.05) is 6.92 Å². The molecule has 0 aliphatic heterocycles. The van der Waals surface area contributed by atoms with Crippen LogP contribution in [-0.2, 0) is 4.79 Å². The van der Waals surface area contributed by atoms with Gasteiger partial charge < -0.3 is 10.6 Å². The predicted molar refractivity (Wildman–Crippen MR) is 58.9 cm³/mol. The van der Waals surface area contributed by atoms with Crippen molar-refractivity contribution >= 4 is 34.0 Å². The average Bonchev–Trinajstić information content (AvgIpc) is 2.51. The highest BCUT2D eigenvalue weighted by Gasteiger charge is 2.12. The van der Waals surface area contributed by atoms with E-state index >= 15 is 0 Å². The van der Waals surface area contributed by atoms with Crippen LogP contribution in [0, 0.1) is 0 Å². The lowest BCUT2D eigenvalue weighted by Gasteiger charge is -2.11. The number of aromatic nitrogens is 1. The van der Waals surface area contributed by atoms with E-state index in [-0.39, 0.29) is 11.9 Å². The molecule has 78 valence electrons. The highest BCUT2D eigenvalue weighted by atomic mass is 35.5. The van der Waals surface area contributed by atoms with Crippen molar-refractivity contribution in [1.29, 1.82) is 0 Å². The Bertz CT molecular complexity index is 315. The zero-order valence-corrected chi connectivity index (χ0v) is 9.58. The number of anilines is 1. The zero-order chi connectivity index (χ0) is 10.6. The van der Waals surface area contributed by atoms with Crippen molar-refractivity contribution in [3.05, 3.63) is 10.5 Å². The Hall–Kier alpha value is -0.810. The van der Waals surface area contributed by atoms with Crippen molar-refractivity contribution in [3.8, 4) is 0 Å². The maximum Gasteiger partial charge on any atom is 0.242 e. The number of halogens is 1. The molecule has 1 rings (SSSR count). The van der Waals surface area contributed by atoms with E-state index in [0.29, 0.717) is 16.0 Å². The van der Waals surface area contributed by atoms with E-state index in [1.54, 1.807) is 13.1 Å². The Balaban J connectivity index is 2.48. The Morgan fingerprint density at radius 3 is 3.00 bits per heavy atom. The van der Waals surface area contributed by atoms with Crippen LogP contribution in [-0.4, -0.2) is 23.5 Å². The first kappa shape index (κ1) is 11.3. The number of carbonyl (C=O) groups is 1. The first-order valence-electron chi connectivity index (χ1n) is 4.29. The number of hydrogen-bond acceptors (Lipinski definition) is 4. The van der Waals surface area contributed by atoms with Crippen LogP contribution in [0.5, 0.6) is 0 Å². The normalized spacial score (nSPS) is 12.2. The van der Waals surface area contributed by atoms with Crippen LogP contribution in [0.3, 0.4) is 0 Å². The van der Waals surface area contributed by atoms with E-state index in [2.05, 4.69) is 15.6 Å². The number of nitrogens with one attached hydrogen (secondary N) is 2. The van der Waals surface area contributed by atoms with Crippen LogP contribution in [0.4, 0.5) is 5.13 Å². The smallest absolute Gasteiger partial charge is 0.242 e. The van der Waals surface area contributed by atoms with Crippen LogP contribution in [0.15, 0.2) is 6.20 Å². The van der Waals surface area contributed by atoms with Gasteiger partial charge in [0.1, 0.15) is 10.4 Å². The van der Waals surface area contributed by atoms with Crippen molar-refractivity contribution in [2.75, 3.05) is 11.9 Å². The maximum atomic E-state index is 11.3. The van der Waals surface area contributed by atoms with Crippen LogP contribution >= 0.6 is 22.9 Å². The Morgan fingerprint density at radius 2 is 2.50 bits per heavy atom. The largest absolute Gasteiger partial charge is 0.355 e. The summed E-state index contributed by atoms with van der Waals surface area (Å²) in [7, 11) is 0. The van der Waals surface area contributed by atoms with Gasteiger partial charge in [0.05, 0.1) is 6.20 Å². The third-order valence-corrected chi connectivity index (χ3v) is 2.61. The van der Waals surface area contributed by atoms with Crippen LogP contribution in [0.1, 0.15) is 13.8 Å². The summed E-state index contributed by atoms with van der Waals surface area (Å²) in [6.45, 7) is 4.29. The summed E-state index contributed by atoms with van der Waals surface area (Å²) in [5.74, 6) is -0.0428. The van der Waals surface area contributed by atoms with Gasteiger partial charge in [-0.1, -0.05) is 22.9 Å². The molecule has 1 amide bonds. The van der Waals surface area contributed by atoms with Gasteiger partial charge in [-0.2, -0.15) is 0 Å². The van der Waals surface area contributed by atoms with Crippen LogP contribution in [0.25, 0.3) is 0 Å². The molecule has 0 spiro atoms. The van der Waals surface area contributed by atoms with E-state index in [4.69, 9.17) is 11.6 Å². The quantitative estimate of drug-likeness (QED) is 0.833. The van der Waals surface area contributed by atoms with E-state index in [0.717, 1.165) is 0 Å². The second-order valence-electron chi connectivity index (χ2n) is 2.73. The minimum Gasteiger partial charge on any atom is -0.355 e. The van der Waals surface area contributed by atoms with Gasteiger partial charge in [-0.25, -0.2) is 4.98 Å². The molecule has 0 fully saturated rings. The number of carbonyl (C=O) groups excluding carboxylic acids is 1. The molecule has 0 aliphatic carbocycles. The molecule has 0 aliphatic rings. The van der Waals surface area contributed by atoms with Crippen molar-refractivity contribution in [2.45, 2.75) is 19.9 Å². The van der Waals surface area contributed by atoms with Crippen LogP contribution in [0.2, 0.25) is 4.34 Å². The van der Waals surface area contributed by atoms with Gasteiger partial charge in [-0.15, -0.1) is 0 Å². The number of amides is 1. The summed E-state index contributed by atoms with van der Waals surface area (Å²) >= 11 is 7.01. The first-order valence-corrected chi connectivity index (χ1v) is 5.48. The monoisotopic (exact) mass is 233 g/mol. The molecule has 4 nitrogen and oxygen atoms in total. The number of hydrogen-bond donors (Lipinski definition) is 2. The highest BCUT2D eigenvalue weighted by molar-refractivity contribution is 7.19.